The molecule has 8 nitrogen and oxygen atoms in total. The maximum absolute atomic E-state index is 12.5. The Kier molecular flexibility index (Phi) is 6.18. The summed E-state index contributed by atoms with van der Waals surface area (Å²) in [6, 6.07) is 8.23. The van der Waals surface area contributed by atoms with Crippen LogP contribution in [0.3, 0.4) is 0 Å². The molecular formula is C16H20N4O4. The van der Waals surface area contributed by atoms with Gasteiger partial charge < -0.3 is 24.8 Å². The first-order valence-corrected chi connectivity index (χ1v) is 7.53. The van der Waals surface area contributed by atoms with Gasteiger partial charge in [0.25, 0.3) is 0 Å². The van der Waals surface area contributed by atoms with Crippen molar-refractivity contribution in [1.82, 2.24) is 10.1 Å². The number of hydrogen-bond donors (Lipinski definition) is 2. The molecule has 0 aliphatic heterocycles. The zero-order valence-electron chi connectivity index (χ0n) is 13.6. The zero-order valence-corrected chi connectivity index (χ0v) is 13.6. The van der Waals surface area contributed by atoms with Crippen molar-refractivity contribution in [2.45, 2.75) is 13.3 Å². The fourth-order valence-corrected chi connectivity index (χ4v) is 2.10. The van der Waals surface area contributed by atoms with Gasteiger partial charge in [-0.1, -0.05) is 24.2 Å². The van der Waals surface area contributed by atoms with Crippen LogP contribution in [0, 0.1) is 0 Å². The summed E-state index contributed by atoms with van der Waals surface area (Å²) in [5.41, 5.74) is 0.544. The number of carbonyl (C=O) groups excluding carboxylic acids is 2. The largest absolute Gasteiger partial charge is 0.495 e. The van der Waals surface area contributed by atoms with Gasteiger partial charge in [-0.2, -0.15) is 0 Å². The summed E-state index contributed by atoms with van der Waals surface area (Å²) in [6.45, 7) is 2.27. The minimum Gasteiger partial charge on any atom is -0.495 e. The Morgan fingerprint density at radius 3 is 2.71 bits per heavy atom. The van der Waals surface area contributed by atoms with Gasteiger partial charge in [-0.3, -0.25) is 4.79 Å². The number of methoxy groups -OCH3 is 1. The first kappa shape index (κ1) is 17.3. The van der Waals surface area contributed by atoms with Gasteiger partial charge in [0.05, 0.1) is 12.8 Å². The third kappa shape index (κ3) is 4.73. The number of para-hydroxylation sites is 2. The van der Waals surface area contributed by atoms with Gasteiger partial charge in [0.15, 0.2) is 5.82 Å². The van der Waals surface area contributed by atoms with Gasteiger partial charge in [0.1, 0.15) is 18.6 Å². The van der Waals surface area contributed by atoms with Gasteiger partial charge in [0.2, 0.25) is 5.91 Å². The van der Waals surface area contributed by atoms with Crippen molar-refractivity contribution in [3.05, 3.63) is 36.6 Å². The summed E-state index contributed by atoms with van der Waals surface area (Å²) in [7, 11) is 1.53. The number of urea groups is 1. The van der Waals surface area contributed by atoms with Crippen molar-refractivity contribution in [1.29, 1.82) is 0 Å². The Balaban J connectivity index is 2.00. The van der Waals surface area contributed by atoms with E-state index in [1.165, 1.54) is 24.3 Å². The molecule has 0 aliphatic carbocycles. The van der Waals surface area contributed by atoms with Crippen molar-refractivity contribution < 1.29 is 18.8 Å². The molecular weight excluding hydrogens is 312 g/mol. The number of ether oxygens (including phenoxy) is 1. The molecule has 8 heteroatoms. The van der Waals surface area contributed by atoms with E-state index >= 15 is 0 Å². The SMILES string of the molecule is CCCN(CC(=O)Nc1ccon1)C(=O)Nc1ccccc1OC. The highest BCUT2D eigenvalue weighted by Gasteiger charge is 2.18. The van der Waals surface area contributed by atoms with Crippen LogP contribution < -0.4 is 15.4 Å². The highest BCUT2D eigenvalue weighted by atomic mass is 16.5. The van der Waals surface area contributed by atoms with Crippen molar-refractivity contribution in [2.75, 3.05) is 30.8 Å². The predicted molar refractivity (Wildman–Crippen MR) is 89.0 cm³/mol. The molecule has 0 saturated heterocycles. The standard InChI is InChI=1S/C16H20N4O4/c1-3-9-20(11-15(21)18-14-8-10-24-19-14)16(22)17-12-6-4-5-7-13(12)23-2/h4-8,10H,3,9,11H2,1-2H3,(H,17,22)(H,18,19,21). The van der Waals surface area contributed by atoms with Crippen molar-refractivity contribution in [3.63, 3.8) is 0 Å². The van der Waals surface area contributed by atoms with Gasteiger partial charge in [-0.15, -0.1) is 0 Å². The molecule has 2 rings (SSSR count). The van der Waals surface area contributed by atoms with Crippen molar-refractivity contribution >= 4 is 23.4 Å². The quantitative estimate of drug-likeness (QED) is 0.812. The number of aromatic nitrogens is 1. The molecule has 2 N–H and O–H groups in total. The number of amides is 3. The number of nitrogens with zero attached hydrogens (tertiary/aromatic N) is 2. The second-order valence-corrected chi connectivity index (χ2v) is 4.98. The summed E-state index contributed by atoms with van der Waals surface area (Å²) in [4.78, 5) is 25.9. The van der Waals surface area contributed by atoms with Crippen LogP contribution in [0.25, 0.3) is 0 Å². The molecule has 0 aliphatic rings. The number of benzene rings is 1. The zero-order chi connectivity index (χ0) is 17.4. The van der Waals surface area contributed by atoms with Crippen LogP contribution in [0.5, 0.6) is 5.75 Å². The molecule has 128 valence electrons. The minimum atomic E-state index is -0.378. The van der Waals surface area contributed by atoms with E-state index in [9.17, 15) is 9.59 Å². The van der Waals surface area contributed by atoms with Crippen LogP contribution in [0.15, 0.2) is 41.1 Å². The molecule has 1 aromatic heterocycles. The summed E-state index contributed by atoms with van der Waals surface area (Å²) in [6.07, 6.45) is 2.07. The average Bonchev–Trinajstić information content (AvgIpc) is 3.07. The highest BCUT2D eigenvalue weighted by molar-refractivity contribution is 5.97. The Hall–Kier alpha value is -3.03. The van der Waals surface area contributed by atoms with Gasteiger partial charge >= 0.3 is 6.03 Å². The second-order valence-electron chi connectivity index (χ2n) is 4.98. The molecule has 0 saturated carbocycles. The summed E-state index contributed by atoms with van der Waals surface area (Å²) < 4.78 is 9.85. The maximum atomic E-state index is 12.5. The van der Waals surface area contributed by atoms with Crippen LogP contribution >= 0.6 is 0 Å². The van der Waals surface area contributed by atoms with E-state index in [1.807, 2.05) is 13.0 Å². The Morgan fingerprint density at radius 2 is 2.04 bits per heavy atom. The number of carbonyl (C=O) groups is 2. The van der Waals surface area contributed by atoms with Crippen molar-refractivity contribution in [2.24, 2.45) is 0 Å². The molecule has 2 aromatic rings. The maximum Gasteiger partial charge on any atom is 0.322 e. The van der Waals surface area contributed by atoms with Crippen LogP contribution in [-0.4, -0.2) is 42.2 Å². The second kappa shape index (κ2) is 8.56. The monoisotopic (exact) mass is 332 g/mol. The lowest BCUT2D eigenvalue weighted by Gasteiger charge is -2.22. The van der Waals surface area contributed by atoms with E-state index in [2.05, 4.69) is 20.3 Å². The fraction of sp³-hybridized carbons (Fsp3) is 0.312. The van der Waals surface area contributed by atoms with E-state index in [0.717, 1.165) is 6.42 Å². The lowest BCUT2D eigenvalue weighted by Crippen LogP contribution is -2.41. The first-order chi connectivity index (χ1) is 11.6. The Morgan fingerprint density at radius 1 is 1.25 bits per heavy atom. The highest BCUT2D eigenvalue weighted by Crippen LogP contribution is 2.23. The molecule has 0 atom stereocenters. The molecule has 0 unspecified atom stereocenters. The summed E-state index contributed by atoms with van der Waals surface area (Å²) >= 11 is 0. The fourth-order valence-electron chi connectivity index (χ4n) is 2.10. The molecule has 0 spiro atoms. The number of nitrogens with one attached hydrogen (secondary N) is 2. The topological polar surface area (TPSA) is 96.7 Å². The van der Waals surface area contributed by atoms with Gasteiger partial charge in [-0.25, -0.2) is 4.79 Å². The molecule has 3 amide bonds. The van der Waals surface area contributed by atoms with E-state index in [4.69, 9.17) is 4.74 Å². The smallest absolute Gasteiger partial charge is 0.322 e. The first-order valence-electron chi connectivity index (χ1n) is 7.53. The molecule has 1 heterocycles. The summed E-state index contributed by atoms with van der Waals surface area (Å²) in [5, 5.41) is 8.92. The lowest BCUT2D eigenvalue weighted by molar-refractivity contribution is -0.116. The molecule has 24 heavy (non-hydrogen) atoms. The third-order valence-electron chi connectivity index (χ3n) is 3.17. The third-order valence-corrected chi connectivity index (χ3v) is 3.17. The molecule has 0 fully saturated rings. The lowest BCUT2D eigenvalue weighted by atomic mass is 10.3. The van der Waals surface area contributed by atoms with E-state index in [0.29, 0.717) is 23.8 Å². The molecule has 0 bridgehead atoms. The minimum absolute atomic E-state index is 0.0956. The number of hydrogen-bond acceptors (Lipinski definition) is 5. The van der Waals surface area contributed by atoms with Crippen LogP contribution in [0.1, 0.15) is 13.3 Å². The van der Waals surface area contributed by atoms with Crippen LogP contribution in [-0.2, 0) is 4.79 Å². The van der Waals surface area contributed by atoms with Crippen LogP contribution in [0.2, 0.25) is 0 Å². The predicted octanol–water partition coefficient (Wildman–Crippen LogP) is 2.57. The normalized spacial score (nSPS) is 10.1. The Labute approximate surface area is 139 Å². The average molecular weight is 332 g/mol. The number of rotatable bonds is 7. The molecule has 1 aromatic carbocycles. The van der Waals surface area contributed by atoms with E-state index in [1.54, 1.807) is 18.2 Å². The summed E-state index contributed by atoms with van der Waals surface area (Å²) in [5.74, 6) is 0.503. The van der Waals surface area contributed by atoms with E-state index in [-0.39, 0.29) is 18.5 Å². The number of anilines is 2. The van der Waals surface area contributed by atoms with Crippen LogP contribution in [0.4, 0.5) is 16.3 Å². The van der Waals surface area contributed by atoms with E-state index < -0.39 is 0 Å². The molecule has 0 radical (unpaired) electrons. The van der Waals surface area contributed by atoms with Gasteiger partial charge in [-0.05, 0) is 18.6 Å². The van der Waals surface area contributed by atoms with Crippen molar-refractivity contribution in [3.8, 4) is 5.75 Å². The van der Waals surface area contributed by atoms with Gasteiger partial charge in [0, 0.05) is 12.6 Å². The Bertz CT molecular complexity index is 672.